The number of pyridine rings is 1. The van der Waals surface area contributed by atoms with Gasteiger partial charge in [-0.3, -0.25) is 9.71 Å². The average molecular weight is 452 g/mol. The van der Waals surface area contributed by atoms with E-state index in [1.165, 1.54) is 24.3 Å². The van der Waals surface area contributed by atoms with E-state index in [2.05, 4.69) is 25.0 Å². The fourth-order valence-electron chi connectivity index (χ4n) is 2.87. The lowest BCUT2D eigenvalue weighted by molar-refractivity contribution is 0.601. The minimum atomic E-state index is -3.75. The number of halogens is 1. The maximum atomic E-state index is 12.7. The lowest BCUT2D eigenvalue weighted by Gasteiger charge is -2.13. The van der Waals surface area contributed by atoms with Gasteiger partial charge in [0.05, 0.1) is 16.3 Å². The summed E-state index contributed by atoms with van der Waals surface area (Å²) in [5.41, 5.74) is 3.67. The molecule has 0 amide bonds. The lowest BCUT2D eigenvalue weighted by atomic mass is 10.2. The first kappa shape index (κ1) is 20.8. The monoisotopic (exact) mass is 451 g/mol. The topological polar surface area (TPSA) is 96.9 Å². The molecule has 2 heterocycles. The van der Waals surface area contributed by atoms with Crippen LogP contribution in [0, 0.1) is 6.92 Å². The van der Waals surface area contributed by atoms with E-state index in [0.717, 1.165) is 16.8 Å². The van der Waals surface area contributed by atoms with Crippen molar-refractivity contribution >= 4 is 38.9 Å². The number of aromatic nitrogens is 3. The zero-order valence-electron chi connectivity index (χ0n) is 16.4. The van der Waals surface area contributed by atoms with Crippen LogP contribution in [0.5, 0.6) is 0 Å². The van der Waals surface area contributed by atoms with Crippen LogP contribution in [0.15, 0.2) is 84.1 Å². The number of aryl methyl sites for hydroxylation is 1. The molecule has 2 aromatic carbocycles. The maximum Gasteiger partial charge on any atom is 0.261 e. The Labute approximate surface area is 185 Å². The van der Waals surface area contributed by atoms with Crippen molar-refractivity contribution in [2.24, 2.45) is 0 Å². The molecule has 0 bridgehead atoms. The van der Waals surface area contributed by atoms with E-state index in [-0.39, 0.29) is 4.90 Å². The molecule has 0 fully saturated rings. The van der Waals surface area contributed by atoms with Crippen LogP contribution in [-0.4, -0.2) is 23.4 Å². The summed E-state index contributed by atoms with van der Waals surface area (Å²) in [6.07, 6.45) is 5.06. The Morgan fingerprint density at radius 3 is 2.39 bits per heavy atom. The number of nitrogens with one attached hydrogen (secondary N) is 2. The van der Waals surface area contributed by atoms with Crippen molar-refractivity contribution in [1.29, 1.82) is 0 Å². The van der Waals surface area contributed by atoms with Gasteiger partial charge >= 0.3 is 0 Å². The Bertz CT molecular complexity index is 1310. The molecule has 4 rings (SSSR count). The number of nitrogens with zero attached hydrogens (tertiary/aromatic N) is 3. The highest BCUT2D eigenvalue weighted by molar-refractivity contribution is 7.92. The van der Waals surface area contributed by atoms with Gasteiger partial charge in [0.1, 0.15) is 0 Å². The molecule has 31 heavy (non-hydrogen) atoms. The van der Waals surface area contributed by atoms with Crippen molar-refractivity contribution in [1.82, 2.24) is 15.0 Å². The van der Waals surface area contributed by atoms with Crippen molar-refractivity contribution in [2.45, 2.75) is 11.8 Å². The summed E-state index contributed by atoms with van der Waals surface area (Å²) in [4.78, 5) is 13.0. The molecule has 0 saturated carbocycles. The Balaban J connectivity index is 1.58. The van der Waals surface area contributed by atoms with Gasteiger partial charge < -0.3 is 5.32 Å². The highest BCUT2D eigenvalue weighted by Crippen LogP contribution is 2.26. The number of hydrogen-bond acceptors (Lipinski definition) is 6. The van der Waals surface area contributed by atoms with E-state index in [4.69, 9.17) is 11.6 Å². The SMILES string of the molecule is Cc1ccc(NS(=O)(=O)c2ccc(Cl)cc2)cc1Nc1nccc(-c2ccncc2)n1. The van der Waals surface area contributed by atoms with E-state index in [9.17, 15) is 8.42 Å². The van der Waals surface area contributed by atoms with Crippen LogP contribution < -0.4 is 10.0 Å². The zero-order valence-corrected chi connectivity index (χ0v) is 18.0. The summed E-state index contributed by atoms with van der Waals surface area (Å²) >= 11 is 5.85. The fourth-order valence-corrected chi connectivity index (χ4v) is 4.05. The summed E-state index contributed by atoms with van der Waals surface area (Å²) in [5.74, 6) is 0.398. The van der Waals surface area contributed by atoms with E-state index in [1.807, 2.05) is 31.2 Å². The molecular weight excluding hydrogens is 434 g/mol. The van der Waals surface area contributed by atoms with E-state index < -0.39 is 10.0 Å². The molecule has 2 aromatic heterocycles. The molecule has 9 heteroatoms. The van der Waals surface area contributed by atoms with Crippen LogP contribution >= 0.6 is 11.6 Å². The number of rotatable bonds is 6. The second-order valence-electron chi connectivity index (χ2n) is 6.72. The van der Waals surface area contributed by atoms with Crippen molar-refractivity contribution in [3.8, 4) is 11.3 Å². The molecule has 0 aliphatic heterocycles. The summed E-state index contributed by atoms with van der Waals surface area (Å²) in [6, 6.07) is 16.7. The highest BCUT2D eigenvalue weighted by atomic mass is 35.5. The van der Waals surface area contributed by atoms with Crippen LogP contribution in [0.4, 0.5) is 17.3 Å². The van der Waals surface area contributed by atoms with Gasteiger partial charge in [0.2, 0.25) is 5.95 Å². The minimum absolute atomic E-state index is 0.125. The summed E-state index contributed by atoms with van der Waals surface area (Å²) in [5, 5.41) is 3.63. The normalized spacial score (nSPS) is 11.2. The molecule has 7 nitrogen and oxygen atoms in total. The quantitative estimate of drug-likeness (QED) is 0.426. The minimum Gasteiger partial charge on any atom is -0.324 e. The molecule has 0 radical (unpaired) electrons. The number of anilines is 3. The predicted molar refractivity (Wildman–Crippen MR) is 122 cm³/mol. The lowest BCUT2D eigenvalue weighted by Crippen LogP contribution is -2.13. The van der Waals surface area contributed by atoms with Crippen molar-refractivity contribution in [3.05, 3.63) is 89.8 Å². The smallest absolute Gasteiger partial charge is 0.261 e. The van der Waals surface area contributed by atoms with Gasteiger partial charge in [0.25, 0.3) is 10.0 Å². The third-order valence-corrected chi connectivity index (χ3v) is 6.14. The maximum absolute atomic E-state index is 12.7. The third kappa shape index (κ3) is 4.99. The Kier molecular flexibility index (Phi) is 5.83. The van der Waals surface area contributed by atoms with Crippen molar-refractivity contribution in [2.75, 3.05) is 10.0 Å². The standard InChI is InChI=1S/C22H18ClN5O2S/c1-15-2-5-18(28-31(29,30)19-6-3-17(23)4-7-19)14-21(15)27-22-25-13-10-20(26-22)16-8-11-24-12-9-16/h2-14,28H,1H3,(H,25,26,27). The van der Waals surface area contributed by atoms with Gasteiger partial charge in [-0.25, -0.2) is 18.4 Å². The summed E-state index contributed by atoms with van der Waals surface area (Å²) < 4.78 is 27.9. The van der Waals surface area contributed by atoms with Crippen LogP contribution in [0.1, 0.15) is 5.56 Å². The second kappa shape index (κ2) is 8.71. The first-order chi connectivity index (χ1) is 14.9. The molecule has 0 aliphatic carbocycles. The molecule has 0 aliphatic rings. The number of sulfonamides is 1. The molecular formula is C22H18ClN5O2S. The molecule has 0 spiro atoms. The highest BCUT2D eigenvalue weighted by Gasteiger charge is 2.15. The van der Waals surface area contributed by atoms with Crippen molar-refractivity contribution < 1.29 is 8.42 Å². The van der Waals surface area contributed by atoms with Gasteiger partial charge in [0.15, 0.2) is 0 Å². The Morgan fingerprint density at radius 2 is 1.65 bits per heavy atom. The Hall–Kier alpha value is -3.49. The molecule has 2 N–H and O–H groups in total. The predicted octanol–water partition coefficient (Wildman–Crippen LogP) is 5.04. The number of benzene rings is 2. The second-order valence-corrected chi connectivity index (χ2v) is 8.83. The van der Waals surface area contributed by atoms with Crippen LogP contribution in [0.3, 0.4) is 0 Å². The Morgan fingerprint density at radius 1 is 0.903 bits per heavy atom. The summed E-state index contributed by atoms with van der Waals surface area (Å²) in [7, 11) is -3.75. The fraction of sp³-hybridized carbons (Fsp3) is 0.0455. The van der Waals surface area contributed by atoms with Gasteiger partial charge in [-0.1, -0.05) is 17.7 Å². The summed E-state index contributed by atoms with van der Waals surface area (Å²) in [6.45, 7) is 1.91. The first-order valence-corrected chi connectivity index (χ1v) is 11.2. The van der Waals surface area contributed by atoms with Crippen LogP contribution in [0.2, 0.25) is 5.02 Å². The molecule has 4 aromatic rings. The molecule has 156 valence electrons. The third-order valence-electron chi connectivity index (χ3n) is 4.49. The van der Waals surface area contributed by atoms with E-state index in [1.54, 1.807) is 30.7 Å². The molecule has 0 atom stereocenters. The van der Waals surface area contributed by atoms with Crippen molar-refractivity contribution in [3.63, 3.8) is 0 Å². The van der Waals surface area contributed by atoms with Gasteiger partial charge in [-0.15, -0.1) is 0 Å². The largest absolute Gasteiger partial charge is 0.324 e. The van der Waals surface area contributed by atoms with Gasteiger partial charge in [-0.2, -0.15) is 0 Å². The van der Waals surface area contributed by atoms with Gasteiger partial charge in [-0.05, 0) is 67.1 Å². The van der Waals surface area contributed by atoms with Crippen LogP contribution in [-0.2, 0) is 10.0 Å². The number of hydrogen-bond donors (Lipinski definition) is 2. The van der Waals surface area contributed by atoms with E-state index >= 15 is 0 Å². The average Bonchev–Trinajstić information content (AvgIpc) is 2.77. The first-order valence-electron chi connectivity index (χ1n) is 9.30. The molecule has 0 unspecified atom stereocenters. The van der Waals surface area contributed by atoms with E-state index in [0.29, 0.717) is 22.3 Å². The van der Waals surface area contributed by atoms with Crippen LogP contribution in [0.25, 0.3) is 11.3 Å². The zero-order chi connectivity index (χ0) is 21.8. The molecule has 0 saturated heterocycles. The van der Waals surface area contributed by atoms with Gasteiger partial charge in [0, 0.05) is 34.9 Å².